The molecule has 9 aromatic rings. The third kappa shape index (κ3) is 5.57. The van der Waals surface area contributed by atoms with E-state index in [-0.39, 0.29) is 0 Å². The number of anilines is 3. The fourth-order valence-electron chi connectivity index (χ4n) is 7.45. The number of hydrogen-bond acceptors (Lipinski definition) is 1. The normalized spacial score (nSPS) is 11.2. The maximum Gasteiger partial charge on any atom is 0.0542 e. The fourth-order valence-corrected chi connectivity index (χ4v) is 7.45. The Kier molecular flexibility index (Phi) is 7.75. The molecule has 8 aromatic carbocycles. The smallest absolute Gasteiger partial charge is 0.0542 e. The van der Waals surface area contributed by atoms with E-state index < -0.39 is 0 Å². The summed E-state index contributed by atoms with van der Waals surface area (Å²) < 4.78 is 2.37. The average Bonchev–Trinajstić information content (AvgIpc) is 3.53. The highest BCUT2D eigenvalue weighted by molar-refractivity contribution is 6.11. The molecule has 2 nitrogen and oxygen atoms in total. The lowest BCUT2D eigenvalue weighted by molar-refractivity contribution is 1.18. The minimum Gasteiger partial charge on any atom is -0.310 e. The van der Waals surface area contributed by atoms with Crippen LogP contribution in [-0.4, -0.2) is 4.57 Å². The second-order valence-electron chi connectivity index (χ2n) is 13.1. The summed E-state index contributed by atoms with van der Waals surface area (Å²) in [6, 6.07) is 72.2. The van der Waals surface area contributed by atoms with Gasteiger partial charge in [0.05, 0.1) is 16.7 Å². The highest BCUT2D eigenvalue weighted by atomic mass is 15.1. The van der Waals surface area contributed by atoms with Gasteiger partial charge in [-0.05, 0) is 101 Å². The van der Waals surface area contributed by atoms with Crippen LogP contribution in [0.4, 0.5) is 17.1 Å². The number of fused-ring (bicyclic) bond motifs is 3. The van der Waals surface area contributed by atoms with Crippen LogP contribution in [0, 0.1) is 6.92 Å². The summed E-state index contributed by atoms with van der Waals surface area (Å²) in [6.07, 6.45) is 0. The summed E-state index contributed by atoms with van der Waals surface area (Å²) in [4.78, 5) is 2.41. The minimum absolute atomic E-state index is 1.10. The minimum atomic E-state index is 1.10. The fraction of sp³-hybridized carbons (Fsp3) is 0.0204. The second kappa shape index (κ2) is 13.0. The van der Waals surface area contributed by atoms with E-state index in [9.17, 15) is 0 Å². The molecule has 0 saturated heterocycles. The molecule has 51 heavy (non-hydrogen) atoms. The van der Waals surface area contributed by atoms with Gasteiger partial charge in [-0.25, -0.2) is 0 Å². The predicted molar refractivity (Wildman–Crippen MR) is 217 cm³/mol. The van der Waals surface area contributed by atoms with Gasteiger partial charge in [-0.1, -0.05) is 140 Å². The van der Waals surface area contributed by atoms with Crippen molar-refractivity contribution < 1.29 is 0 Å². The molecule has 1 aromatic heterocycles. The molecule has 0 unspecified atom stereocenters. The average molecular weight is 653 g/mol. The van der Waals surface area contributed by atoms with Crippen molar-refractivity contribution in [3.63, 3.8) is 0 Å². The Morgan fingerprint density at radius 2 is 0.941 bits per heavy atom. The molecule has 0 bridgehead atoms. The standard InChI is InChI=1S/C49H36N2/c1-35-25-26-39(33-45(35)38-17-7-3-8-18-38)36-27-29-41(30-28-36)50(47-23-13-11-21-43(47)37-15-5-2-6-16-37)42-31-32-49-46(34-42)44-22-12-14-24-48(44)51(49)40-19-9-4-10-20-40/h2-34H,1H3. The molecule has 0 aliphatic heterocycles. The van der Waals surface area contributed by atoms with Crippen molar-refractivity contribution in [3.8, 4) is 39.1 Å². The van der Waals surface area contributed by atoms with Crippen molar-refractivity contribution >= 4 is 38.9 Å². The van der Waals surface area contributed by atoms with E-state index in [1.165, 1.54) is 60.8 Å². The summed E-state index contributed by atoms with van der Waals surface area (Å²) in [5.74, 6) is 0. The zero-order chi connectivity index (χ0) is 34.1. The van der Waals surface area contributed by atoms with Crippen molar-refractivity contribution in [1.29, 1.82) is 0 Å². The van der Waals surface area contributed by atoms with Crippen LogP contribution in [0.15, 0.2) is 200 Å². The molecule has 9 rings (SSSR count). The van der Waals surface area contributed by atoms with Gasteiger partial charge in [-0.3, -0.25) is 0 Å². The number of para-hydroxylation sites is 3. The number of benzene rings is 8. The van der Waals surface area contributed by atoms with Crippen LogP contribution in [0.2, 0.25) is 0 Å². The van der Waals surface area contributed by atoms with E-state index in [2.05, 4.69) is 217 Å². The van der Waals surface area contributed by atoms with Gasteiger partial charge in [0.2, 0.25) is 0 Å². The van der Waals surface area contributed by atoms with Crippen LogP contribution < -0.4 is 4.90 Å². The Morgan fingerprint density at radius 3 is 1.69 bits per heavy atom. The van der Waals surface area contributed by atoms with Gasteiger partial charge >= 0.3 is 0 Å². The third-order valence-corrected chi connectivity index (χ3v) is 9.94. The van der Waals surface area contributed by atoms with Gasteiger partial charge in [0, 0.05) is 33.4 Å². The van der Waals surface area contributed by atoms with Crippen LogP contribution >= 0.6 is 0 Å². The highest BCUT2D eigenvalue weighted by Gasteiger charge is 2.20. The van der Waals surface area contributed by atoms with Crippen molar-refractivity contribution in [2.45, 2.75) is 6.92 Å². The van der Waals surface area contributed by atoms with Crippen molar-refractivity contribution in [1.82, 2.24) is 4.57 Å². The lowest BCUT2D eigenvalue weighted by Gasteiger charge is -2.28. The first-order valence-electron chi connectivity index (χ1n) is 17.5. The van der Waals surface area contributed by atoms with Crippen LogP contribution in [0.1, 0.15) is 5.56 Å². The number of nitrogens with zero attached hydrogens (tertiary/aromatic N) is 2. The Bertz CT molecular complexity index is 2620. The first kappa shape index (κ1) is 30.4. The summed E-state index contributed by atoms with van der Waals surface area (Å²) in [5.41, 5.74) is 15.4. The van der Waals surface area contributed by atoms with E-state index in [1.54, 1.807) is 0 Å². The van der Waals surface area contributed by atoms with Gasteiger partial charge < -0.3 is 9.47 Å². The number of hydrogen-bond donors (Lipinski definition) is 0. The van der Waals surface area contributed by atoms with Crippen molar-refractivity contribution in [2.24, 2.45) is 0 Å². The molecule has 242 valence electrons. The predicted octanol–water partition coefficient (Wildman–Crippen LogP) is 13.6. The van der Waals surface area contributed by atoms with Crippen LogP contribution in [0.5, 0.6) is 0 Å². The lowest BCUT2D eigenvalue weighted by atomic mass is 9.95. The SMILES string of the molecule is Cc1ccc(-c2ccc(N(c3ccc4c(c3)c3ccccc3n4-c3ccccc3)c3ccccc3-c3ccccc3)cc2)cc1-c1ccccc1. The second-order valence-corrected chi connectivity index (χ2v) is 13.1. The van der Waals surface area contributed by atoms with Gasteiger partial charge in [0.25, 0.3) is 0 Å². The monoisotopic (exact) mass is 652 g/mol. The number of aryl methyl sites for hydroxylation is 1. The molecule has 1 heterocycles. The first-order chi connectivity index (χ1) is 25.2. The highest BCUT2D eigenvalue weighted by Crippen LogP contribution is 2.43. The van der Waals surface area contributed by atoms with E-state index in [0.29, 0.717) is 0 Å². The molecule has 0 spiro atoms. The number of rotatable bonds is 7. The van der Waals surface area contributed by atoms with Crippen LogP contribution in [0.25, 0.3) is 60.9 Å². The molecule has 0 saturated carbocycles. The van der Waals surface area contributed by atoms with Crippen molar-refractivity contribution in [3.05, 3.63) is 206 Å². The Labute approximate surface area is 299 Å². The van der Waals surface area contributed by atoms with Crippen molar-refractivity contribution in [2.75, 3.05) is 4.90 Å². The summed E-state index contributed by atoms with van der Waals surface area (Å²) in [7, 11) is 0. The molecular weight excluding hydrogens is 617 g/mol. The van der Waals surface area contributed by atoms with Gasteiger partial charge in [0.15, 0.2) is 0 Å². The van der Waals surface area contributed by atoms with Crippen LogP contribution in [-0.2, 0) is 0 Å². The maximum atomic E-state index is 2.41. The quantitative estimate of drug-likeness (QED) is 0.166. The van der Waals surface area contributed by atoms with E-state index in [1.807, 2.05) is 0 Å². The molecule has 0 N–H and O–H groups in total. The number of aromatic nitrogens is 1. The zero-order valence-electron chi connectivity index (χ0n) is 28.4. The Balaban J connectivity index is 1.21. The Morgan fingerprint density at radius 1 is 0.373 bits per heavy atom. The summed E-state index contributed by atoms with van der Waals surface area (Å²) >= 11 is 0. The zero-order valence-corrected chi connectivity index (χ0v) is 28.4. The van der Waals surface area contributed by atoms with Gasteiger partial charge in [-0.2, -0.15) is 0 Å². The van der Waals surface area contributed by atoms with E-state index >= 15 is 0 Å². The summed E-state index contributed by atoms with van der Waals surface area (Å²) in [6.45, 7) is 2.19. The Hall–Kier alpha value is -6.64. The molecule has 0 amide bonds. The van der Waals surface area contributed by atoms with E-state index in [4.69, 9.17) is 0 Å². The topological polar surface area (TPSA) is 8.17 Å². The van der Waals surface area contributed by atoms with E-state index in [0.717, 1.165) is 22.7 Å². The molecule has 0 aliphatic rings. The summed E-state index contributed by atoms with van der Waals surface area (Å²) in [5, 5.41) is 2.46. The molecule has 0 fully saturated rings. The molecule has 0 aliphatic carbocycles. The first-order valence-corrected chi connectivity index (χ1v) is 17.5. The maximum absolute atomic E-state index is 2.41. The van der Waals surface area contributed by atoms with Gasteiger partial charge in [0.1, 0.15) is 0 Å². The molecule has 2 heteroatoms. The van der Waals surface area contributed by atoms with Crippen LogP contribution in [0.3, 0.4) is 0 Å². The largest absolute Gasteiger partial charge is 0.310 e. The molecular formula is C49H36N2. The molecule has 0 atom stereocenters. The third-order valence-electron chi connectivity index (χ3n) is 9.94. The molecule has 0 radical (unpaired) electrons. The lowest BCUT2D eigenvalue weighted by Crippen LogP contribution is -2.11. The van der Waals surface area contributed by atoms with Gasteiger partial charge in [-0.15, -0.1) is 0 Å².